The van der Waals surface area contributed by atoms with Crippen LogP contribution < -0.4 is 15.0 Å². The SMILES string of the molecule is CCc1nc2cc(N3CCC[C@@H](C(=O)Nc4ccccc4OC)C3)cnc2nc1CC. The Balaban J connectivity index is 1.52. The van der Waals surface area contributed by atoms with E-state index in [4.69, 9.17) is 9.72 Å². The lowest BCUT2D eigenvalue weighted by atomic mass is 9.96. The molecule has 1 aromatic carbocycles. The Morgan fingerprint density at radius 3 is 2.74 bits per heavy atom. The first kappa shape index (κ1) is 21.0. The van der Waals surface area contributed by atoms with Crippen LogP contribution in [0.4, 0.5) is 11.4 Å². The average molecular weight is 420 g/mol. The number of ether oxygens (including phenoxy) is 1. The molecule has 4 rings (SSSR count). The summed E-state index contributed by atoms with van der Waals surface area (Å²) in [5.74, 6) is 0.580. The van der Waals surface area contributed by atoms with Crippen molar-refractivity contribution in [3.05, 3.63) is 47.9 Å². The third kappa shape index (κ3) is 4.45. The zero-order chi connectivity index (χ0) is 21.8. The molecule has 0 aliphatic carbocycles. The van der Waals surface area contributed by atoms with Gasteiger partial charge in [0.05, 0.1) is 42.0 Å². The second kappa shape index (κ2) is 9.29. The van der Waals surface area contributed by atoms with E-state index < -0.39 is 0 Å². The van der Waals surface area contributed by atoms with Crippen LogP contribution >= 0.6 is 0 Å². The van der Waals surface area contributed by atoms with Gasteiger partial charge in [-0.05, 0) is 43.9 Å². The summed E-state index contributed by atoms with van der Waals surface area (Å²) in [4.78, 5) is 29.2. The number of rotatable bonds is 6. The lowest BCUT2D eigenvalue weighted by Crippen LogP contribution is -2.40. The zero-order valence-electron chi connectivity index (χ0n) is 18.4. The summed E-state index contributed by atoms with van der Waals surface area (Å²) in [6, 6.07) is 9.54. The summed E-state index contributed by atoms with van der Waals surface area (Å²) in [7, 11) is 1.61. The molecule has 1 N–H and O–H groups in total. The van der Waals surface area contributed by atoms with Crippen LogP contribution in [0.2, 0.25) is 0 Å². The van der Waals surface area contributed by atoms with Crippen molar-refractivity contribution in [2.24, 2.45) is 5.92 Å². The van der Waals surface area contributed by atoms with Gasteiger partial charge < -0.3 is 15.0 Å². The Kier molecular flexibility index (Phi) is 6.30. The fourth-order valence-electron chi connectivity index (χ4n) is 4.15. The lowest BCUT2D eigenvalue weighted by Gasteiger charge is -2.33. The van der Waals surface area contributed by atoms with Gasteiger partial charge in [0.25, 0.3) is 0 Å². The van der Waals surface area contributed by atoms with Crippen LogP contribution in [0.5, 0.6) is 5.75 Å². The number of nitrogens with zero attached hydrogens (tertiary/aromatic N) is 4. The molecule has 7 nitrogen and oxygen atoms in total. The number of aryl methyl sites for hydroxylation is 2. The number of para-hydroxylation sites is 2. The van der Waals surface area contributed by atoms with Crippen LogP contribution in [0.1, 0.15) is 38.1 Å². The molecule has 1 aliphatic heterocycles. The smallest absolute Gasteiger partial charge is 0.229 e. The molecule has 0 spiro atoms. The van der Waals surface area contributed by atoms with Crippen LogP contribution in [0.3, 0.4) is 0 Å². The van der Waals surface area contributed by atoms with Gasteiger partial charge in [-0.15, -0.1) is 0 Å². The summed E-state index contributed by atoms with van der Waals surface area (Å²) < 4.78 is 5.35. The van der Waals surface area contributed by atoms with Crippen LogP contribution in [0, 0.1) is 5.92 Å². The van der Waals surface area contributed by atoms with E-state index in [1.807, 2.05) is 30.5 Å². The maximum Gasteiger partial charge on any atom is 0.229 e. The molecule has 1 amide bonds. The third-order valence-corrected chi connectivity index (χ3v) is 5.85. The van der Waals surface area contributed by atoms with Crippen LogP contribution in [-0.4, -0.2) is 41.1 Å². The Morgan fingerprint density at radius 2 is 1.97 bits per heavy atom. The molecule has 2 aromatic heterocycles. The van der Waals surface area contributed by atoms with E-state index in [1.54, 1.807) is 7.11 Å². The van der Waals surface area contributed by atoms with E-state index in [9.17, 15) is 4.79 Å². The second-order valence-electron chi connectivity index (χ2n) is 7.84. The molecule has 1 atom stereocenters. The van der Waals surface area contributed by atoms with Gasteiger partial charge in [-0.1, -0.05) is 26.0 Å². The molecule has 1 saturated heterocycles. The highest BCUT2D eigenvalue weighted by atomic mass is 16.5. The van der Waals surface area contributed by atoms with Gasteiger partial charge >= 0.3 is 0 Å². The number of carbonyl (C=O) groups is 1. The molecule has 0 saturated carbocycles. The first-order valence-electron chi connectivity index (χ1n) is 11.0. The Bertz CT molecular complexity index is 1080. The molecule has 1 aliphatic rings. The lowest BCUT2D eigenvalue weighted by molar-refractivity contribution is -0.120. The number of benzene rings is 1. The number of hydrogen-bond acceptors (Lipinski definition) is 6. The van der Waals surface area contributed by atoms with Crippen LogP contribution in [0.15, 0.2) is 36.5 Å². The molecule has 0 unspecified atom stereocenters. The molecule has 0 radical (unpaired) electrons. The quantitative estimate of drug-likeness (QED) is 0.650. The Morgan fingerprint density at radius 1 is 1.19 bits per heavy atom. The maximum absolute atomic E-state index is 12.9. The summed E-state index contributed by atoms with van der Waals surface area (Å²) in [6.45, 7) is 5.73. The number of nitrogens with one attached hydrogen (secondary N) is 1. The standard InChI is InChI=1S/C24H29N5O2/c1-4-18-19(5-2)27-23-21(26-18)13-17(14-25-23)29-12-8-9-16(15-29)24(30)28-20-10-6-7-11-22(20)31-3/h6-7,10-11,13-14,16H,4-5,8-9,12,15H2,1-3H3,(H,28,30)/t16-/m1/s1. The minimum Gasteiger partial charge on any atom is -0.495 e. The van der Waals surface area contributed by atoms with Gasteiger partial charge in [-0.25, -0.2) is 15.0 Å². The van der Waals surface area contributed by atoms with Crippen molar-refractivity contribution in [2.45, 2.75) is 39.5 Å². The molecule has 7 heteroatoms. The van der Waals surface area contributed by atoms with Crippen molar-refractivity contribution in [3.8, 4) is 5.75 Å². The zero-order valence-corrected chi connectivity index (χ0v) is 18.4. The van der Waals surface area contributed by atoms with E-state index in [0.29, 0.717) is 23.6 Å². The van der Waals surface area contributed by atoms with Crippen molar-refractivity contribution >= 4 is 28.4 Å². The van der Waals surface area contributed by atoms with Crippen molar-refractivity contribution in [2.75, 3.05) is 30.4 Å². The fourth-order valence-corrected chi connectivity index (χ4v) is 4.15. The Hall–Kier alpha value is -3.22. The summed E-state index contributed by atoms with van der Waals surface area (Å²) in [5.41, 5.74) is 5.23. The summed E-state index contributed by atoms with van der Waals surface area (Å²) >= 11 is 0. The number of pyridine rings is 1. The van der Waals surface area contributed by atoms with Crippen LogP contribution in [0.25, 0.3) is 11.2 Å². The maximum atomic E-state index is 12.9. The number of carbonyl (C=O) groups excluding carboxylic acids is 1. The minimum absolute atomic E-state index is 0.0172. The number of methoxy groups -OCH3 is 1. The molecule has 31 heavy (non-hydrogen) atoms. The second-order valence-corrected chi connectivity index (χ2v) is 7.84. The predicted molar refractivity (Wildman–Crippen MR) is 123 cm³/mol. The van der Waals surface area contributed by atoms with Crippen molar-refractivity contribution < 1.29 is 9.53 Å². The molecular formula is C24H29N5O2. The number of amides is 1. The monoisotopic (exact) mass is 419 g/mol. The van der Waals surface area contributed by atoms with Gasteiger partial charge in [0.2, 0.25) is 5.91 Å². The highest BCUT2D eigenvalue weighted by molar-refractivity contribution is 5.94. The van der Waals surface area contributed by atoms with Crippen LogP contribution in [-0.2, 0) is 17.6 Å². The first-order valence-corrected chi connectivity index (χ1v) is 11.0. The topological polar surface area (TPSA) is 80.2 Å². The van der Waals surface area contributed by atoms with Gasteiger partial charge in [0, 0.05) is 13.1 Å². The number of aromatic nitrogens is 3. The largest absolute Gasteiger partial charge is 0.495 e. The number of anilines is 2. The van der Waals surface area contributed by atoms with Crippen molar-refractivity contribution in [1.82, 2.24) is 15.0 Å². The van der Waals surface area contributed by atoms with E-state index in [1.165, 1.54) is 0 Å². The molecule has 162 valence electrons. The fraction of sp³-hybridized carbons (Fsp3) is 0.417. The van der Waals surface area contributed by atoms with E-state index in [2.05, 4.69) is 40.1 Å². The third-order valence-electron chi connectivity index (χ3n) is 5.85. The Labute approximate surface area is 182 Å². The van der Waals surface area contributed by atoms with E-state index >= 15 is 0 Å². The summed E-state index contributed by atoms with van der Waals surface area (Å²) in [6.07, 6.45) is 5.36. The number of piperidine rings is 1. The van der Waals surface area contributed by atoms with Crippen molar-refractivity contribution in [3.63, 3.8) is 0 Å². The van der Waals surface area contributed by atoms with Gasteiger partial charge in [0.15, 0.2) is 5.65 Å². The molecule has 3 heterocycles. The first-order chi connectivity index (χ1) is 15.1. The van der Waals surface area contributed by atoms with Gasteiger partial charge in [-0.3, -0.25) is 4.79 Å². The van der Waals surface area contributed by atoms with E-state index in [-0.39, 0.29) is 11.8 Å². The number of fused-ring (bicyclic) bond motifs is 1. The average Bonchev–Trinajstić information content (AvgIpc) is 2.83. The molecule has 3 aromatic rings. The summed E-state index contributed by atoms with van der Waals surface area (Å²) in [5, 5.41) is 3.03. The minimum atomic E-state index is -0.103. The molecule has 0 bridgehead atoms. The molecular weight excluding hydrogens is 390 g/mol. The highest BCUT2D eigenvalue weighted by Crippen LogP contribution is 2.28. The normalized spacial score (nSPS) is 16.4. The van der Waals surface area contributed by atoms with Gasteiger partial charge in [-0.2, -0.15) is 0 Å². The predicted octanol–water partition coefficient (Wildman–Crippen LogP) is 4.01. The van der Waals surface area contributed by atoms with E-state index in [0.717, 1.165) is 54.8 Å². The molecule has 1 fully saturated rings. The number of hydrogen-bond donors (Lipinski definition) is 1. The van der Waals surface area contributed by atoms with Gasteiger partial charge in [0.1, 0.15) is 11.3 Å². The highest BCUT2D eigenvalue weighted by Gasteiger charge is 2.27. The van der Waals surface area contributed by atoms with Crippen molar-refractivity contribution in [1.29, 1.82) is 0 Å².